The van der Waals surface area contributed by atoms with Crippen molar-refractivity contribution in [1.82, 2.24) is 4.98 Å². The minimum absolute atomic E-state index is 0.113. The van der Waals surface area contributed by atoms with E-state index in [1.165, 1.54) is 6.92 Å². The van der Waals surface area contributed by atoms with Crippen molar-refractivity contribution in [1.29, 1.82) is 0 Å². The van der Waals surface area contributed by atoms with Crippen LogP contribution in [0.5, 0.6) is 0 Å². The maximum absolute atomic E-state index is 12.2. The van der Waals surface area contributed by atoms with Gasteiger partial charge in [-0.25, -0.2) is 4.98 Å². The molecule has 0 atom stereocenters. The van der Waals surface area contributed by atoms with Crippen molar-refractivity contribution in [2.45, 2.75) is 13.3 Å². The van der Waals surface area contributed by atoms with Gasteiger partial charge in [0.15, 0.2) is 0 Å². The third-order valence-corrected chi connectivity index (χ3v) is 4.01. The van der Waals surface area contributed by atoms with Crippen LogP contribution in [0.15, 0.2) is 42.6 Å². The summed E-state index contributed by atoms with van der Waals surface area (Å²) in [6.45, 7) is 4.53. The van der Waals surface area contributed by atoms with Gasteiger partial charge in [-0.1, -0.05) is 12.1 Å². The van der Waals surface area contributed by atoms with Gasteiger partial charge in [0.25, 0.3) is 0 Å². The smallest absolute Gasteiger partial charge is 0.228 e. The molecule has 0 saturated carbocycles. The first-order valence-corrected chi connectivity index (χ1v) is 8.55. The minimum atomic E-state index is -0.122. The summed E-state index contributed by atoms with van der Waals surface area (Å²) in [5, 5.41) is 5.55. The second-order valence-corrected chi connectivity index (χ2v) is 6.11. The van der Waals surface area contributed by atoms with Crippen molar-refractivity contribution < 1.29 is 14.3 Å². The van der Waals surface area contributed by atoms with Crippen molar-refractivity contribution in [3.05, 3.63) is 48.2 Å². The lowest BCUT2D eigenvalue weighted by atomic mass is 10.1. The predicted octanol–water partition coefficient (Wildman–Crippen LogP) is 2.06. The van der Waals surface area contributed by atoms with Crippen LogP contribution >= 0.6 is 0 Å². The Bertz CT molecular complexity index is 753. The second kappa shape index (κ2) is 8.44. The standard InChI is InChI=1S/C19H22N4O3/c1-14(24)21-16-4-2-15(3-5-16)12-19(25)22-17-6-7-18(20-13-17)23-8-10-26-11-9-23/h2-7,13H,8-12H2,1H3,(H,21,24)(H,22,25). The summed E-state index contributed by atoms with van der Waals surface area (Å²) in [4.78, 5) is 29.8. The lowest BCUT2D eigenvalue weighted by Crippen LogP contribution is -2.36. The van der Waals surface area contributed by atoms with Crippen molar-refractivity contribution in [2.75, 3.05) is 41.8 Å². The number of aromatic nitrogens is 1. The first-order chi connectivity index (χ1) is 12.6. The molecule has 7 nitrogen and oxygen atoms in total. The Morgan fingerprint density at radius 1 is 1.04 bits per heavy atom. The number of nitrogens with zero attached hydrogens (tertiary/aromatic N) is 2. The van der Waals surface area contributed by atoms with Crippen LogP contribution in [0.25, 0.3) is 0 Å². The normalized spacial score (nSPS) is 14.0. The van der Waals surface area contributed by atoms with Crippen LogP contribution in [0.3, 0.4) is 0 Å². The number of anilines is 3. The molecule has 7 heteroatoms. The monoisotopic (exact) mass is 354 g/mol. The number of carbonyl (C=O) groups is 2. The first-order valence-electron chi connectivity index (χ1n) is 8.55. The number of ether oxygens (including phenoxy) is 1. The van der Waals surface area contributed by atoms with Crippen LogP contribution in [0.2, 0.25) is 0 Å². The highest BCUT2D eigenvalue weighted by Crippen LogP contribution is 2.16. The molecule has 1 aromatic heterocycles. The zero-order valence-corrected chi connectivity index (χ0v) is 14.7. The van der Waals surface area contributed by atoms with Crippen LogP contribution in [-0.4, -0.2) is 43.1 Å². The van der Waals surface area contributed by atoms with Gasteiger partial charge < -0.3 is 20.3 Å². The molecule has 1 fully saturated rings. The number of benzene rings is 1. The highest BCUT2D eigenvalue weighted by Gasteiger charge is 2.12. The number of carbonyl (C=O) groups excluding carboxylic acids is 2. The van der Waals surface area contributed by atoms with Crippen LogP contribution < -0.4 is 15.5 Å². The number of nitrogens with one attached hydrogen (secondary N) is 2. The zero-order valence-electron chi connectivity index (χ0n) is 14.7. The molecular formula is C19H22N4O3. The summed E-state index contributed by atoms with van der Waals surface area (Å²) >= 11 is 0. The summed E-state index contributed by atoms with van der Waals surface area (Å²) in [7, 11) is 0. The summed E-state index contributed by atoms with van der Waals surface area (Å²) in [5.41, 5.74) is 2.25. The van der Waals surface area contributed by atoms with Crippen LogP contribution in [0, 0.1) is 0 Å². The van der Waals surface area contributed by atoms with Crippen molar-refractivity contribution in [3.63, 3.8) is 0 Å². The van der Waals surface area contributed by atoms with Crippen molar-refractivity contribution >= 4 is 29.0 Å². The van der Waals surface area contributed by atoms with Crippen molar-refractivity contribution in [2.24, 2.45) is 0 Å². The SMILES string of the molecule is CC(=O)Nc1ccc(CC(=O)Nc2ccc(N3CCOCC3)nc2)cc1. The number of morpholine rings is 1. The Morgan fingerprint density at radius 3 is 2.35 bits per heavy atom. The van der Waals surface area contributed by atoms with Gasteiger partial charge in [0, 0.05) is 25.7 Å². The summed E-state index contributed by atoms with van der Waals surface area (Å²) in [6, 6.07) is 11.0. The molecule has 136 valence electrons. The van der Waals surface area contributed by atoms with E-state index < -0.39 is 0 Å². The zero-order chi connectivity index (χ0) is 18.4. The summed E-state index contributed by atoms with van der Waals surface area (Å²) in [5.74, 6) is 0.654. The Morgan fingerprint density at radius 2 is 1.73 bits per heavy atom. The lowest BCUT2D eigenvalue weighted by molar-refractivity contribution is -0.116. The first kappa shape index (κ1) is 17.9. The predicted molar refractivity (Wildman–Crippen MR) is 100 cm³/mol. The molecule has 2 aromatic rings. The highest BCUT2D eigenvalue weighted by atomic mass is 16.5. The van der Waals surface area contributed by atoms with Gasteiger partial charge in [-0.05, 0) is 29.8 Å². The van der Waals surface area contributed by atoms with Gasteiger partial charge in [-0.2, -0.15) is 0 Å². The number of amides is 2. The number of hydrogen-bond donors (Lipinski definition) is 2. The van der Waals surface area contributed by atoms with E-state index in [1.54, 1.807) is 18.3 Å². The molecule has 2 N–H and O–H groups in total. The maximum Gasteiger partial charge on any atom is 0.228 e. The van der Waals surface area contributed by atoms with E-state index in [9.17, 15) is 9.59 Å². The largest absolute Gasteiger partial charge is 0.378 e. The molecule has 1 aromatic carbocycles. The topological polar surface area (TPSA) is 83.6 Å². The molecule has 0 unspecified atom stereocenters. The van der Waals surface area contributed by atoms with E-state index >= 15 is 0 Å². The molecular weight excluding hydrogens is 332 g/mol. The molecule has 1 aliphatic heterocycles. The van der Waals surface area contributed by atoms with Gasteiger partial charge >= 0.3 is 0 Å². The average Bonchev–Trinajstić information content (AvgIpc) is 2.64. The van der Waals surface area contributed by atoms with Gasteiger partial charge in [0.05, 0.1) is 31.5 Å². The van der Waals surface area contributed by atoms with Gasteiger partial charge in [-0.3, -0.25) is 9.59 Å². The quantitative estimate of drug-likeness (QED) is 0.859. The minimum Gasteiger partial charge on any atom is -0.378 e. The molecule has 0 spiro atoms. The molecule has 0 aliphatic carbocycles. The molecule has 0 radical (unpaired) electrons. The summed E-state index contributed by atoms with van der Waals surface area (Å²) in [6.07, 6.45) is 1.92. The van der Waals surface area contributed by atoms with Crippen LogP contribution in [0.4, 0.5) is 17.2 Å². The van der Waals surface area contributed by atoms with Gasteiger partial charge in [0.1, 0.15) is 5.82 Å². The molecule has 0 bridgehead atoms. The van der Waals surface area contributed by atoms with E-state index in [0.29, 0.717) is 24.6 Å². The van der Waals surface area contributed by atoms with E-state index in [4.69, 9.17) is 4.74 Å². The Hall–Kier alpha value is -2.93. The van der Waals surface area contributed by atoms with Gasteiger partial charge in [0.2, 0.25) is 11.8 Å². The fourth-order valence-corrected chi connectivity index (χ4v) is 2.74. The number of rotatable bonds is 5. The highest BCUT2D eigenvalue weighted by molar-refractivity contribution is 5.92. The van der Waals surface area contributed by atoms with Crippen LogP contribution in [-0.2, 0) is 20.7 Å². The van der Waals surface area contributed by atoms with E-state index in [0.717, 1.165) is 24.5 Å². The molecule has 2 amide bonds. The fraction of sp³-hybridized carbons (Fsp3) is 0.316. The van der Waals surface area contributed by atoms with Crippen molar-refractivity contribution in [3.8, 4) is 0 Å². The fourth-order valence-electron chi connectivity index (χ4n) is 2.74. The Labute approximate surface area is 152 Å². The molecule has 3 rings (SSSR count). The van der Waals surface area contributed by atoms with Crippen LogP contribution in [0.1, 0.15) is 12.5 Å². The Balaban J connectivity index is 1.53. The van der Waals surface area contributed by atoms with Gasteiger partial charge in [-0.15, -0.1) is 0 Å². The summed E-state index contributed by atoms with van der Waals surface area (Å²) < 4.78 is 5.33. The number of hydrogen-bond acceptors (Lipinski definition) is 5. The lowest BCUT2D eigenvalue weighted by Gasteiger charge is -2.27. The molecule has 26 heavy (non-hydrogen) atoms. The third kappa shape index (κ3) is 5.03. The van der Waals surface area contributed by atoms with E-state index in [1.807, 2.05) is 24.3 Å². The van der Waals surface area contributed by atoms with E-state index in [2.05, 4.69) is 20.5 Å². The van der Waals surface area contributed by atoms with E-state index in [-0.39, 0.29) is 18.2 Å². The Kier molecular flexibility index (Phi) is 5.80. The maximum atomic E-state index is 12.2. The average molecular weight is 354 g/mol. The molecule has 1 saturated heterocycles. The number of pyridine rings is 1. The third-order valence-electron chi connectivity index (χ3n) is 4.01. The molecule has 1 aliphatic rings. The second-order valence-electron chi connectivity index (χ2n) is 6.11. The molecule has 2 heterocycles.